The van der Waals surface area contributed by atoms with E-state index in [9.17, 15) is 5.11 Å². The van der Waals surface area contributed by atoms with Gasteiger partial charge in [-0.1, -0.05) is 36.8 Å². The van der Waals surface area contributed by atoms with Gasteiger partial charge in [-0.15, -0.1) is 0 Å². The van der Waals surface area contributed by atoms with Crippen LogP contribution in [0.4, 0.5) is 0 Å². The monoisotopic (exact) mass is 371 g/mol. The summed E-state index contributed by atoms with van der Waals surface area (Å²) < 4.78 is 1.69. The van der Waals surface area contributed by atoms with Gasteiger partial charge in [0.1, 0.15) is 5.60 Å². The van der Waals surface area contributed by atoms with Crippen LogP contribution in [0.1, 0.15) is 44.2 Å². The highest BCUT2D eigenvalue weighted by atomic mass is 16.3. The van der Waals surface area contributed by atoms with E-state index in [1.165, 1.54) is 18.4 Å². The summed E-state index contributed by atoms with van der Waals surface area (Å²) in [4.78, 5) is 4.54. The number of benzene rings is 1. The van der Waals surface area contributed by atoms with Gasteiger partial charge in [0.2, 0.25) is 0 Å². The van der Waals surface area contributed by atoms with Gasteiger partial charge in [0.25, 0.3) is 0 Å². The SMILES string of the molecule is CCNC(=NCC(C)(O)c1cnn(C)c1)NCCCCCc1ccccc1. The summed E-state index contributed by atoms with van der Waals surface area (Å²) in [5, 5.41) is 21.4. The molecule has 0 saturated heterocycles. The molecule has 6 heteroatoms. The van der Waals surface area contributed by atoms with Crippen molar-refractivity contribution in [3.63, 3.8) is 0 Å². The molecule has 148 valence electrons. The summed E-state index contributed by atoms with van der Waals surface area (Å²) in [6.45, 7) is 5.74. The van der Waals surface area contributed by atoms with Gasteiger partial charge in [-0.3, -0.25) is 4.68 Å². The first-order valence-electron chi connectivity index (χ1n) is 9.79. The van der Waals surface area contributed by atoms with Crippen LogP contribution in [0.3, 0.4) is 0 Å². The van der Waals surface area contributed by atoms with E-state index in [1.807, 2.05) is 20.2 Å². The van der Waals surface area contributed by atoms with Gasteiger partial charge in [0, 0.05) is 31.9 Å². The molecule has 2 rings (SSSR count). The van der Waals surface area contributed by atoms with E-state index in [0.717, 1.165) is 37.5 Å². The van der Waals surface area contributed by atoms with E-state index in [-0.39, 0.29) is 6.54 Å². The Morgan fingerprint density at radius 3 is 2.63 bits per heavy atom. The summed E-state index contributed by atoms with van der Waals surface area (Å²) >= 11 is 0. The van der Waals surface area contributed by atoms with Crippen LogP contribution in [0.2, 0.25) is 0 Å². The zero-order chi connectivity index (χ0) is 19.5. The van der Waals surface area contributed by atoms with Crippen LogP contribution in [-0.4, -0.2) is 40.5 Å². The van der Waals surface area contributed by atoms with Gasteiger partial charge in [0.05, 0.1) is 12.7 Å². The largest absolute Gasteiger partial charge is 0.383 e. The lowest BCUT2D eigenvalue weighted by Crippen LogP contribution is -2.39. The minimum absolute atomic E-state index is 0.280. The fraction of sp³-hybridized carbons (Fsp3) is 0.524. The highest BCUT2D eigenvalue weighted by molar-refractivity contribution is 5.79. The lowest BCUT2D eigenvalue weighted by atomic mass is 10.0. The molecule has 1 aromatic carbocycles. The van der Waals surface area contributed by atoms with Crippen molar-refractivity contribution in [3.05, 3.63) is 53.9 Å². The molecule has 1 unspecified atom stereocenters. The Kier molecular flexibility index (Phi) is 8.33. The van der Waals surface area contributed by atoms with Crippen LogP contribution in [0.5, 0.6) is 0 Å². The van der Waals surface area contributed by atoms with Crippen molar-refractivity contribution in [1.29, 1.82) is 0 Å². The van der Waals surface area contributed by atoms with Crippen molar-refractivity contribution in [1.82, 2.24) is 20.4 Å². The van der Waals surface area contributed by atoms with Crippen LogP contribution in [-0.2, 0) is 19.1 Å². The fourth-order valence-corrected chi connectivity index (χ4v) is 2.85. The number of aliphatic imine (C=N–C) groups is 1. The molecule has 0 aliphatic rings. The number of nitrogens with zero attached hydrogens (tertiary/aromatic N) is 3. The Labute approximate surface area is 162 Å². The molecule has 0 aliphatic carbocycles. The molecule has 0 bridgehead atoms. The summed E-state index contributed by atoms with van der Waals surface area (Å²) in [5.41, 5.74) is 1.13. The standard InChI is InChI=1S/C21H33N5O/c1-4-22-20(24-17-21(2,27)19-15-25-26(3)16-19)23-14-10-6-9-13-18-11-7-5-8-12-18/h5,7-8,11-12,15-16,27H,4,6,9-10,13-14,17H2,1-3H3,(H2,22,23,24). The average Bonchev–Trinajstić information content (AvgIpc) is 3.11. The number of rotatable bonds is 10. The van der Waals surface area contributed by atoms with Crippen LogP contribution < -0.4 is 10.6 Å². The number of nitrogens with one attached hydrogen (secondary N) is 2. The van der Waals surface area contributed by atoms with Crippen molar-refractivity contribution in [2.75, 3.05) is 19.6 Å². The lowest BCUT2D eigenvalue weighted by molar-refractivity contribution is 0.0672. The van der Waals surface area contributed by atoms with Gasteiger partial charge in [-0.25, -0.2) is 4.99 Å². The molecule has 0 aliphatic heterocycles. The molecule has 1 atom stereocenters. The van der Waals surface area contributed by atoms with Crippen LogP contribution >= 0.6 is 0 Å². The molecule has 1 heterocycles. The van der Waals surface area contributed by atoms with Crippen molar-refractivity contribution >= 4 is 5.96 Å². The number of aryl methyl sites for hydroxylation is 2. The topological polar surface area (TPSA) is 74.5 Å². The molecule has 0 saturated carbocycles. The molecular weight excluding hydrogens is 338 g/mol. The normalized spacial score (nSPS) is 14.0. The molecule has 0 amide bonds. The van der Waals surface area contributed by atoms with Crippen molar-refractivity contribution in [2.45, 2.75) is 45.1 Å². The Balaban J connectivity index is 1.73. The first-order valence-corrected chi connectivity index (χ1v) is 9.79. The van der Waals surface area contributed by atoms with Crippen molar-refractivity contribution < 1.29 is 5.11 Å². The molecule has 0 radical (unpaired) electrons. The summed E-state index contributed by atoms with van der Waals surface area (Å²) in [7, 11) is 1.84. The second-order valence-electron chi connectivity index (χ2n) is 7.09. The molecular formula is C21H33N5O. The van der Waals surface area contributed by atoms with Crippen LogP contribution in [0.25, 0.3) is 0 Å². The smallest absolute Gasteiger partial charge is 0.191 e. The summed E-state index contributed by atoms with van der Waals surface area (Å²) in [5.74, 6) is 0.740. The molecule has 6 nitrogen and oxygen atoms in total. The lowest BCUT2D eigenvalue weighted by Gasteiger charge is -2.20. The summed E-state index contributed by atoms with van der Waals surface area (Å²) in [6.07, 6.45) is 8.09. The quantitative estimate of drug-likeness (QED) is 0.341. The van der Waals surface area contributed by atoms with Crippen LogP contribution in [0, 0.1) is 0 Å². The first-order chi connectivity index (χ1) is 13.0. The Bertz CT molecular complexity index is 694. The van der Waals surface area contributed by atoms with Crippen molar-refractivity contribution in [3.8, 4) is 0 Å². The Hall–Kier alpha value is -2.34. The minimum atomic E-state index is -1.04. The number of hydrogen-bond donors (Lipinski definition) is 3. The molecule has 27 heavy (non-hydrogen) atoms. The van der Waals surface area contributed by atoms with Gasteiger partial charge in [-0.2, -0.15) is 5.10 Å². The maximum Gasteiger partial charge on any atom is 0.191 e. The second-order valence-corrected chi connectivity index (χ2v) is 7.09. The number of hydrogen-bond acceptors (Lipinski definition) is 3. The van der Waals surface area contributed by atoms with Gasteiger partial charge < -0.3 is 15.7 Å². The predicted molar refractivity (Wildman–Crippen MR) is 111 cm³/mol. The number of aromatic nitrogens is 2. The first kappa shape index (κ1) is 21.0. The molecule has 3 N–H and O–H groups in total. The number of aliphatic hydroxyl groups is 1. The van der Waals surface area contributed by atoms with E-state index in [0.29, 0.717) is 0 Å². The Morgan fingerprint density at radius 1 is 1.19 bits per heavy atom. The summed E-state index contributed by atoms with van der Waals surface area (Å²) in [6, 6.07) is 10.6. The molecule has 0 spiro atoms. The predicted octanol–water partition coefficient (Wildman–Crippen LogP) is 2.60. The molecule has 1 aromatic heterocycles. The number of unbranched alkanes of at least 4 members (excludes halogenated alkanes) is 2. The maximum atomic E-state index is 10.7. The highest BCUT2D eigenvalue weighted by Gasteiger charge is 2.24. The number of guanidine groups is 1. The molecule has 2 aromatic rings. The van der Waals surface area contributed by atoms with Crippen molar-refractivity contribution in [2.24, 2.45) is 12.0 Å². The van der Waals surface area contributed by atoms with E-state index in [2.05, 4.69) is 51.1 Å². The average molecular weight is 372 g/mol. The van der Waals surface area contributed by atoms with E-state index in [1.54, 1.807) is 17.8 Å². The third kappa shape index (κ3) is 7.43. The van der Waals surface area contributed by atoms with Crippen LogP contribution in [0.15, 0.2) is 47.7 Å². The zero-order valence-corrected chi connectivity index (χ0v) is 16.8. The van der Waals surface area contributed by atoms with Gasteiger partial charge in [-0.05, 0) is 38.7 Å². The second kappa shape index (κ2) is 10.7. The third-order valence-corrected chi connectivity index (χ3v) is 4.49. The van der Waals surface area contributed by atoms with E-state index >= 15 is 0 Å². The van der Waals surface area contributed by atoms with Gasteiger partial charge >= 0.3 is 0 Å². The maximum absolute atomic E-state index is 10.7. The van der Waals surface area contributed by atoms with E-state index in [4.69, 9.17) is 0 Å². The minimum Gasteiger partial charge on any atom is -0.383 e. The Morgan fingerprint density at radius 2 is 1.96 bits per heavy atom. The van der Waals surface area contributed by atoms with E-state index < -0.39 is 5.60 Å². The zero-order valence-electron chi connectivity index (χ0n) is 16.8. The van der Waals surface area contributed by atoms with Gasteiger partial charge in [0.15, 0.2) is 5.96 Å². The fourth-order valence-electron chi connectivity index (χ4n) is 2.85. The highest BCUT2D eigenvalue weighted by Crippen LogP contribution is 2.19. The molecule has 0 fully saturated rings. The third-order valence-electron chi connectivity index (χ3n) is 4.49.